The lowest BCUT2D eigenvalue weighted by molar-refractivity contribution is -0.150. The Bertz CT molecular complexity index is 716. The van der Waals surface area contributed by atoms with Gasteiger partial charge in [-0.2, -0.15) is 0 Å². The zero-order valence-electron chi connectivity index (χ0n) is 16.1. The molecule has 8 heteroatoms. The van der Waals surface area contributed by atoms with E-state index in [4.69, 9.17) is 14.2 Å². The molecule has 0 aliphatic carbocycles. The van der Waals surface area contributed by atoms with Crippen molar-refractivity contribution in [3.63, 3.8) is 0 Å². The molecule has 1 aromatic rings. The number of urea groups is 1. The van der Waals surface area contributed by atoms with Crippen LogP contribution in [0.1, 0.15) is 39.7 Å². The molecule has 1 aliphatic heterocycles. The van der Waals surface area contributed by atoms with Crippen LogP contribution in [0.2, 0.25) is 0 Å². The van der Waals surface area contributed by atoms with Crippen LogP contribution in [0.3, 0.4) is 0 Å². The van der Waals surface area contributed by atoms with Crippen LogP contribution in [-0.2, 0) is 20.7 Å². The molecular formula is C19H26N2O6. The maximum Gasteiger partial charge on any atom is 0.344 e. The van der Waals surface area contributed by atoms with E-state index in [1.165, 1.54) is 0 Å². The minimum atomic E-state index is -0.720. The van der Waals surface area contributed by atoms with E-state index >= 15 is 0 Å². The molecule has 1 atom stereocenters. The van der Waals surface area contributed by atoms with Gasteiger partial charge in [0.1, 0.15) is 5.60 Å². The molecular weight excluding hydrogens is 352 g/mol. The zero-order chi connectivity index (χ0) is 20.0. The van der Waals surface area contributed by atoms with Gasteiger partial charge in [0.15, 0.2) is 24.7 Å². The standard InChI is InChI=1S/C19H26N2O6/c1-5-12(2)20-18(24)21-15(22)10-26-16(23)11-25-14-8-6-7-13-9-19(3,4)27-17(13)14/h6-8,12H,5,9-11H2,1-4H3,(H2,20,21,22,24)/t12-/m0/s1. The molecule has 0 saturated carbocycles. The Morgan fingerprint density at radius 3 is 2.70 bits per heavy atom. The second-order valence-corrected chi connectivity index (χ2v) is 7.06. The number of imide groups is 1. The minimum absolute atomic E-state index is 0.0615. The Labute approximate surface area is 158 Å². The fourth-order valence-electron chi connectivity index (χ4n) is 2.55. The van der Waals surface area contributed by atoms with Crippen molar-refractivity contribution in [3.05, 3.63) is 23.8 Å². The summed E-state index contributed by atoms with van der Waals surface area (Å²) in [6.45, 7) is 6.73. The summed E-state index contributed by atoms with van der Waals surface area (Å²) >= 11 is 0. The quantitative estimate of drug-likeness (QED) is 0.703. The number of hydrogen-bond donors (Lipinski definition) is 2. The molecule has 0 unspecified atom stereocenters. The Morgan fingerprint density at radius 2 is 2.00 bits per heavy atom. The predicted molar refractivity (Wildman–Crippen MR) is 97.7 cm³/mol. The summed E-state index contributed by atoms with van der Waals surface area (Å²) < 4.78 is 16.2. The van der Waals surface area contributed by atoms with Gasteiger partial charge in [-0.3, -0.25) is 10.1 Å². The molecule has 3 amide bonds. The van der Waals surface area contributed by atoms with E-state index < -0.39 is 24.5 Å². The van der Waals surface area contributed by atoms with E-state index in [1.807, 2.05) is 39.8 Å². The molecule has 0 saturated heterocycles. The lowest BCUT2D eigenvalue weighted by atomic mass is 10.0. The number of benzene rings is 1. The van der Waals surface area contributed by atoms with E-state index in [0.717, 1.165) is 18.4 Å². The maximum absolute atomic E-state index is 11.8. The molecule has 148 valence electrons. The van der Waals surface area contributed by atoms with E-state index in [9.17, 15) is 14.4 Å². The first-order valence-corrected chi connectivity index (χ1v) is 8.90. The van der Waals surface area contributed by atoms with Crippen LogP contribution in [0.25, 0.3) is 0 Å². The van der Waals surface area contributed by atoms with Gasteiger partial charge < -0.3 is 19.5 Å². The summed E-state index contributed by atoms with van der Waals surface area (Å²) in [6.07, 6.45) is 1.49. The van der Waals surface area contributed by atoms with Crippen molar-refractivity contribution in [2.45, 2.75) is 52.2 Å². The molecule has 0 radical (unpaired) electrons. The van der Waals surface area contributed by atoms with Gasteiger partial charge in [-0.25, -0.2) is 9.59 Å². The van der Waals surface area contributed by atoms with E-state index in [0.29, 0.717) is 11.5 Å². The van der Waals surface area contributed by atoms with E-state index in [1.54, 1.807) is 6.07 Å². The minimum Gasteiger partial charge on any atom is -0.483 e. The number of esters is 1. The average molecular weight is 378 g/mol. The summed E-state index contributed by atoms with van der Waals surface area (Å²) in [6, 6.07) is 4.80. The topological polar surface area (TPSA) is 103 Å². The van der Waals surface area contributed by atoms with Gasteiger partial charge in [0, 0.05) is 18.0 Å². The zero-order valence-corrected chi connectivity index (χ0v) is 16.1. The summed E-state index contributed by atoms with van der Waals surface area (Å²) in [5, 5.41) is 4.67. The predicted octanol–water partition coefficient (Wildman–Crippen LogP) is 1.95. The Kier molecular flexibility index (Phi) is 6.65. The van der Waals surface area contributed by atoms with Gasteiger partial charge >= 0.3 is 12.0 Å². The average Bonchev–Trinajstić information content (AvgIpc) is 2.92. The van der Waals surface area contributed by atoms with Crippen LogP contribution in [0, 0.1) is 0 Å². The summed E-state index contributed by atoms with van der Waals surface area (Å²) in [7, 11) is 0. The fourth-order valence-corrected chi connectivity index (χ4v) is 2.55. The van der Waals surface area contributed by atoms with Gasteiger partial charge in [0.2, 0.25) is 0 Å². The third-order valence-corrected chi connectivity index (χ3v) is 4.01. The number of nitrogens with one attached hydrogen (secondary N) is 2. The first-order valence-electron chi connectivity index (χ1n) is 8.90. The molecule has 2 rings (SSSR count). The third kappa shape index (κ3) is 6.16. The molecule has 27 heavy (non-hydrogen) atoms. The molecule has 2 N–H and O–H groups in total. The monoisotopic (exact) mass is 378 g/mol. The van der Waals surface area contributed by atoms with Crippen molar-refractivity contribution in [1.82, 2.24) is 10.6 Å². The van der Waals surface area contributed by atoms with Crippen molar-refractivity contribution in [2.75, 3.05) is 13.2 Å². The number of amides is 3. The van der Waals surface area contributed by atoms with Crippen molar-refractivity contribution in [3.8, 4) is 11.5 Å². The van der Waals surface area contributed by atoms with Crippen LogP contribution >= 0.6 is 0 Å². The number of ether oxygens (including phenoxy) is 3. The smallest absolute Gasteiger partial charge is 0.344 e. The maximum atomic E-state index is 11.8. The van der Waals surface area contributed by atoms with Crippen molar-refractivity contribution < 1.29 is 28.6 Å². The number of hydrogen-bond acceptors (Lipinski definition) is 6. The highest BCUT2D eigenvalue weighted by atomic mass is 16.6. The molecule has 8 nitrogen and oxygen atoms in total. The van der Waals surface area contributed by atoms with Crippen LogP contribution < -0.4 is 20.1 Å². The normalized spacial score (nSPS) is 15.1. The van der Waals surface area contributed by atoms with Gasteiger partial charge in [-0.15, -0.1) is 0 Å². The van der Waals surface area contributed by atoms with E-state index in [2.05, 4.69) is 10.6 Å². The first kappa shape index (κ1) is 20.5. The SMILES string of the molecule is CC[C@H](C)NC(=O)NC(=O)COC(=O)COc1cccc2c1OC(C)(C)C2. The first-order chi connectivity index (χ1) is 12.7. The Morgan fingerprint density at radius 1 is 1.26 bits per heavy atom. The molecule has 0 fully saturated rings. The second kappa shape index (κ2) is 8.75. The second-order valence-electron chi connectivity index (χ2n) is 7.06. The number of para-hydroxylation sites is 1. The molecule has 0 spiro atoms. The number of carbonyl (C=O) groups is 3. The van der Waals surface area contributed by atoms with Gasteiger partial charge in [-0.1, -0.05) is 19.1 Å². The van der Waals surface area contributed by atoms with Crippen molar-refractivity contribution in [1.29, 1.82) is 0 Å². The lowest BCUT2D eigenvalue weighted by Crippen LogP contribution is -2.44. The molecule has 1 aromatic carbocycles. The third-order valence-electron chi connectivity index (χ3n) is 4.01. The fraction of sp³-hybridized carbons (Fsp3) is 0.526. The van der Waals surface area contributed by atoms with E-state index in [-0.39, 0.29) is 18.2 Å². The Hall–Kier alpha value is -2.77. The number of rotatable bonds is 7. The highest BCUT2D eigenvalue weighted by Crippen LogP contribution is 2.41. The van der Waals surface area contributed by atoms with Gasteiger partial charge in [0.25, 0.3) is 5.91 Å². The summed E-state index contributed by atoms with van der Waals surface area (Å²) in [5.74, 6) is -0.362. The van der Waals surface area contributed by atoms with Crippen molar-refractivity contribution >= 4 is 17.9 Å². The Balaban J connectivity index is 1.76. The molecule has 0 aromatic heterocycles. The summed E-state index contributed by atoms with van der Waals surface area (Å²) in [4.78, 5) is 34.9. The molecule has 1 aliphatic rings. The molecule has 1 heterocycles. The van der Waals surface area contributed by atoms with Crippen molar-refractivity contribution in [2.24, 2.45) is 0 Å². The highest BCUT2D eigenvalue weighted by Gasteiger charge is 2.32. The van der Waals surface area contributed by atoms with Crippen LogP contribution in [0.15, 0.2) is 18.2 Å². The van der Waals surface area contributed by atoms with Gasteiger partial charge in [-0.05, 0) is 33.3 Å². The van der Waals surface area contributed by atoms with Gasteiger partial charge in [0.05, 0.1) is 0 Å². The summed E-state index contributed by atoms with van der Waals surface area (Å²) in [5.41, 5.74) is 0.688. The number of fused-ring (bicyclic) bond motifs is 1. The lowest BCUT2D eigenvalue weighted by Gasteiger charge is -2.18. The van der Waals surface area contributed by atoms with Crippen LogP contribution in [0.4, 0.5) is 4.79 Å². The molecule has 0 bridgehead atoms. The van der Waals surface area contributed by atoms with Crippen LogP contribution in [-0.4, -0.2) is 42.8 Å². The van der Waals surface area contributed by atoms with Crippen LogP contribution in [0.5, 0.6) is 11.5 Å². The number of carbonyl (C=O) groups excluding carboxylic acids is 3. The largest absolute Gasteiger partial charge is 0.483 e. The highest BCUT2D eigenvalue weighted by molar-refractivity contribution is 5.95.